The lowest BCUT2D eigenvalue weighted by Gasteiger charge is -2.29. The molecular weight excluding hydrogens is 574 g/mol. The molecule has 0 saturated carbocycles. The molecule has 1 N–H and O–H groups in total. The van der Waals surface area contributed by atoms with Gasteiger partial charge in [-0.15, -0.1) is 0 Å². The second kappa shape index (κ2) is 12.0. The summed E-state index contributed by atoms with van der Waals surface area (Å²) in [6.07, 6.45) is 4.58. The van der Waals surface area contributed by atoms with E-state index >= 15 is 0 Å². The molecule has 6 rings (SSSR count). The van der Waals surface area contributed by atoms with Crippen molar-refractivity contribution in [3.05, 3.63) is 94.0 Å². The summed E-state index contributed by atoms with van der Waals surface area (Å²) in [7, 11) is 0. The Hall–Kier alpha value is -3.73. The number of hydrogen-bond acceptors (Lipinski definition) is 5. The molecule has 2 fully saturated rings. The van der Waals surface area contributed by atoms with Crippen LogP contribution in [0.25, 0.3) is 22.0 Å². The minimum atomic E-state index is 0.0172. The number of nitrogens with zero attached hydrogens (tertiary/aromatic N) is 4. The van der Waals surface area contributed by atoms with Gasteiger partial charge in [0.2, 0.25) is 0 Å². The molecule has 41 heavy (non-hydrogen) atoms. The zero-order chi connectivity index (χ0) is 28.3. The van der Waals surface area contributed by atoms with E-state index in [1.54, 1.807) is 0 Å². The van der Waals surface area contributed by atoms with Gasteiger partial charge in [-0.05, 0) is 105 Å². The number of nitriles is 1. The number of halogens is 1. The van der Waals surface area contributed by atoms with Gasteiger partial charge in [0.15, 0.2) is 0 Å². The van der Waals surface area contributed by atoms with Gasteiger partial charge in [-0.25, -0.2) is 4.98 Å². The molecular formula is C34H34BrN5O. The van der Waals surface area contributed by atoms with E-state index in [2.05, 4.69) is 62.2 Å². The average Bonchev–Trinajstić information content (AvgIpc) is 3.69. The number of likely N-dealkylation sites (tertiary alicyclic amines) is 2. The van der Waals surface area contributed by atoms with Gasteiger partial charge in [0.25, 0.3) is 5.91 Å². The first kappa shape index (κ1) is 27.4. The van der Waals surface area contributed by atoms with Crippen LogP contribution in [0.4, 0.5) is 5.82 Å². The fraction of sp³-hybridized carbons (Fsp3) is 0.324. The van der Waals surface area contributed by atoms with Crippen LogP contribution < -0.4 is 5.32 Å². The van der Waals surface area contributed by atoms with Gasteiger partial charge in [-0.2, -0.15) is 5.26 Å². The molecule has 2 saturated heterocycles. The van der Waals surface area contributed by atoms with Crippen LogP contribution in [0.3, 0.4) is 0 Å². The van der Waals surface area contributed by atoms with Crippen LogP contribution in [-0.2, 0) is 0 Å². The largest absolute Gasteiger partial charge is 0.364 e. The lowest BCUT2D eigenvalue weighted by molar-refractivity contribution is 0.0710. The van der Waals surface area contributed by atoms with Crippen molar-refractivity contribution in [2.75, 3.05) is 31.5 Å². The molecule has 0 bridgehead atoms. The van der Waals surface area contributed by atoms with Gasteiger partial charge >= 0.3 is 0 Å². The highest BCUT2D eigenvalue weighted by atomic mass is 79.9. The summed E-state index contributed by atoms with van der Waals surface area (Å²) in [5.74, 6) is 0.771. The van der Waals surface area contributed by atoms with Crippen LogP contribution in [0, 0.1) is 11.3 Å². The number of hydrogen-bond donors (Lipinski definition) is 1. The van der Waals surface area contributed by atoms with Crippen molar-refractivity contribution < 1.29 is 4.79 Å². The maximum absolute atomic E-state index is 14.3. The molecule has 6 nitrogen and oxygen atoms in total. The van der Waals surface area contributed by atoms with Crippen LogP contribution in [0.2, 0.25) is 0 Å². The van der Waals surface area contributed by atoms with E-state index in [0.29, 0.717) is 16.9 Å². The number of carbonyl (C=O) groups excluding carboxylic acids is 1. The van der Waals surface area contributed by atoms with Gasteiger partial charge in [-0.3, -0.25) is 4.79 Å². The molecule has 1 amide bonds. The van der Waals surface area contributed by atoms with E-state index in [9.17, 15) is 10.1 Å². The Morgan fingerprint density at radius 3 is 2.46 bits per heavy atom. The van der Waals surface area contributed by atoms with E-state index in [1.807, 2.05) is 54.6 Å². The molecule has 208 valence electrons. The zero-order valence-corrected chi connectivity index (χ0v) is 24.9. The lowest BCUT2D eigenvalue weighted by Crippen LogP contribution is -2.42. The molecule has 3 heterocycles. The molecule has 3 aromatic carbocycles. The normalized spacial score (nSPS) is 18.0. The number of aromatic nitrogens is 1. The number of benzene rings is 3. The Labute approximate surface area is 250 Å². The van der Waals surface area contributed by atoms with Crippen molar-refractivity contribution in [2.24, 2.45) is 0 Å². The summed E-state index contributed by atoms with van der Waals surface area (Å²) in [6, 6.07) is 26.3. The van der Waals surface area contributed by atoms with Crippen molar-refractivity contribution in [1.82, 2.24) is 14.8 Å². The molecule has 0 spiro atoms. The Morgan fingerprint density at radius 1 is 1.00 bits per heavy atom. The predicted octanol–water partition coefficient (Wildman–Crippen LogP) is 7.41. The molecule has 2 aliphatic heterocycles. The van der Waals surface area contributed by atoms with E-state index in [4.69, 9.17) is 4.98 Å². The minimum absolute atomic E-state index is 0.0172. The van der Waals surface area contributed by atoms with Crippen LogP contribution in [0.5, 0.6) is 0 Å². The molecule has 7 heteroatoms. The minimum Gasteiger partial charge on any atom is -0.364 e. The van der Waals surface area contributed by atoms with E-state index in [0.717, 1.165) is 71.1 Å². The van der Waals surface area contributed by atoms with Crippen LogP contribution in [0.1, 0.15) is 60.1 Å². The molecule has 2 atom stereocenters. The van der Waals surface area contributed by atoms with Crippen molar-refractivity contribution in [1.29, 1.82) is 5.26 Å². The Balaban J connectivity index is 1.38. The molecule has 0 aliphatic carbocycles. The number of anilines is 1. The highest BCUT2D eigenvalue weighted by Gasteiger charge is 2.32. The fourth-order valence-electron chi connectivity index (χ4n) is 6.16. The third kappa shape index (κ3) is 6.00. The number of rotatable bonds is 7. The quantitative estimate of drug-likeness (QED) is 0.237. The SMILES string of the molecule is C[C@H](Nc1cc(C(=O)N2CCC[C@H]2CN2CCCC2)c2cc(-c3ccc(C#N)cc3)ccc2n1)c1ccc(Br)cc1. The van der Waals surface area contributed by atoms with E-state index in [-0.39, 0.29) is 18.0 Å². The summed E-state index contributed by atoms with van der Waals surface area (Å²) in [4.78, 5) is 23.9. The first-order valence-corrected chi connectivity index (χ1v) is 15.3. The molecule has 4 aromatic rings. The number of nitrogens with one attached hydrogen (secondary N) is 1. The highest BCUT2D eigenvalue weighted by Crippen LogP contribution is 2.32. The van der Waals surface area contributed by atoms with Gasteiger partial charge in [0.1, 0.15) is 5.82 Å². The van der Waals surface area contributed by atoms with Gasteiger partial charge in [0.05, 0.1) is 22.7 Å². The van der Waals surface area contributed by atoms with Crippen LogP contribution in [0.15, 0.2) is 77.3 Å². The van der Waals surface area contributed by atoms with E-state index in [1.165, 1.54) is 12.8 Å². The number of amides is 1. The predicted molar refractivity (Wildman–Crippen MR) is 168 cm³/mol. The standard InChI is InChI=1S/C34H34BrN5O/c1-23(25-10-13-28(35)14-11-25)37-33-20-31(34(41)40-18-4-5-29(40)22-39-16-2-3-17-39)30-19-27(12-15-32(30)38-33)26-8-6-24(21-36)7-9-26/h6-15,19-20,23,29H,2-5,16-18,22H2,1H3,(H,37,38)/t23-,29-/m0/s1. The third-order valence-corrected chi connectivity index (χ3v) is 8.96. The number of fused-ring (bicyclic) bond motifs is 1. The van der Waals surface area contributed by atoms with Crippen molar-refractivity contribution >= 4 is 38.6 Å². The summed E-state index contributed by atoms with van der Waals surface area (Å²) in [5, 5.41) is 13.6. The number of carbonyl (C=O) groups is 1. The highest BCUT2D eigenvalue weighted by molar-refractivity contribution is 9.10. The molecule has 1 aromatic heterocycles. The summed E-state index contributed by atoms with van der Waals surface area (Å²) < 4.78 is 1.04. The van der Waals surface area contributed by atoms with Gasteiger partial charge in [0, 0.05) is 35.0 Å². The molecule has 2 aliphatic rings. The first-order valence-electron chi connectivity index (χ1n) is 14.5. The van der Waals surface area contributed by atoms with Crippen molar-refractivity contribution in [2.45, 2.75) is 44.7 Å². The Bertz CT molecular complexity index is 1590. The monoisotopic (exact) mass is 607 g/mol. The smallest absolute Gasteiger partial charge is 0.254 e. The summed E-state index contributed by atoms with van der Waals surface area (Å²) in [6.45, 7) is 6.11. The third-order valence-electron chi connectivity index (χ3n) is 8.43. The lowest BCUT2D eigenvalue weighted by atomic mass is 9.99. The van der Waals surface area contributed by atoms with Crippen LogP contribution in [-0.4, -0.2) is 52.9 Å². The van der Waals surface area contributed by atoms with Crippen molar-refractivity contribution in [3.8, 4) is 17.2 Å². The van der Waals surface area contributed by atoms with E-state index < -0.39 is 0 Å². The maximum Gasteiger partial charge on any atom is 0.254 e. The van der Waals surface area contributed by atoms with Crippen LogP contribution >= 0.6 is 15.9 Å². The average molecular weight is 609 g/mol. The Morgan fingerprint density at radius 2 is 1.73 bits per heavy atom. The summed E-state index contributed by atoms with van der Waals surface area (Å²) in [5.41, 5.74) is 5.24. The second-order valence-corrected chi connectivity index (χ2v) is 12.1. The molecule has 0 radical (unpaired) electrons. The maximum atomic E-state index is 14.3. The Kier molecular flexibility index (Phi) is 8.04. The second-order valence-electron chi connectivity index (χ2n) is 11.2. The zero-order valence-electron chi connectivity index (χ0n) is 23.3. The first-order chi connectivity index (χ1) is 20.0. The van der Waals surface area contributed by atoms with Gasteiger partial charge in [-0.1, -0.05) is 46.3 Å². The molecule has 0 unspecified atom stereocenters. The number of pyridine rings is 1. The fourth-order valence-corrected chi connectivity index (χ4v) is 6.43. The van der Waals surface area contributed by atoms with Crippen molar-refractivity contribution in [3.63, 3.8) is 0 Å². The van der Waals surface area contributed by atoms with Gasteiger partial charge < -0.3 is 15.1 Å². The summed E-state index contributed by atoms with van der Waals surface area (Å²) >= 11 is 3.52. The topological polar surface area (TPSA) is 72.3 Å².